The zero-order valence-electron chi connectivity index (χ0n) is 11.6. The lowest BCUT2D eigenvalue weighted by atomic mass is 10.2. The van der Waals surface area contributed by atoms with Crippen molar-refractivity contribution in [3.05, 3.63) is 61.4 Å². The summed E-state index contributed by atoms with van der Waals surface area (Å²) in [5, 5.41) is 1.99. The van der Waals surface area contributed by atoms with Crippen molar-refractivity contribution in [3.63, 3.8) is 0 Å². The van der Waals surface area contributed by atoms with E-state index in [0.29, 0.717) is 16.8 Å². The molecule has 0 aliphatic heterocycles. The van der Waals surface area contributed by atoms with Crippen molar-refractivity contribution >= 4 is 46.4 Å². The van der Waals surface area contributed by atoms with Gasteiger partial charge in [0.25, 0.3) is 5.56 Å². The average molecular weight is 400 g/mol. The van der Waals surface area contributed by atoms with Gasteiger partial charge in [0.1, 0.15) is 11.6 Å². The molecule has 1 heterocycles. The number of hydrogen-bond acceptors (Lipinski definition) is 2. The van der Waals surface area contributed by atoms with Crippen LogP contribution < -0.4 is 10.9 Å². The zero-order valence-corrected chi connectivity index (χ0v) is 13.9. The Morgan fingerprint density at radius 3 is 2.25 bits per heavy atom. The topological polar surface area (TPSA) is 51.1 Å². The smallest absolute Gasteiger partial charge is 0.322 e. The highest BCUT2D eigenvalue weighted by atomic mass is 35.5. The largest absolute Gasteiger partial charge is 0.417 e. The fourth-order valence-corrected chi connectivity index (χ4v) is 2.54. The lowest BCUT2D eigenvalue weighted by Gasteiger charge is -2.13. The molecular weight excluding hydrogens is 392 g/mol. The average Bonchev–Trinajstić information content (AvgIpc) is 2.46. The number of halogens is 6. The van der Waals surface area contributed by atoms with E-state index < -0.39 is 34.8 Å². The lowest BCUT2D eigenvalue weighted by Crippen LogP contribution is -2.29. The highest BCUT2D eigenvalue weighted by Crippen LogP contribution is 2.31. The first-order chi connectivity index (χ1) is 11.1. The van der Waals surface area contributed by atoms with Crippen molar-refractivity contribution in [2.24, 2.45) is 0 Å². The van der Waals surface area contributed by atoms with Crippen molar-refractivity contribution in [1.82, 2.24) is 4.57 Å². The van der Waals surface area contributed by atoms with Gasteiger partial charge < -0.3 is 9.88 Å². The van der Waals surface area contributed by atoms with Crippen molar-refractivity contribution in [2.75, 3.05) is 5.32 Å². The first kappa shape index (κ1) is 18.6. The molecule has 0 saturated carbocycles. The molecule has 0 aliphatic carbocycles. The van der Waals surface area contributed by atoms with E-state index in [4.69, 9.17) is 34.8 Å². The monoisotopic (exact) mass is 398 g/mol. The van der Waals surface area contributed by atoms with Gasteiger partial charge in [-0.05, 0) is 18.2 Å². The molecule has 0 saturated heterocycles. The van der Waals surface area contributed by atoms with Crippen LogP contribution in [0.25, 0.3) is 0 Å². The number of carbonyl (C=O) groups excluding carboxylic acids is 1. The molecule has 1 N–H and O–H groups in total. The van der Waals surface area contributed by atoms with Gasteiger partial charge in [-0.3, -0.25) is 9.59 Å². The quantitative estimate of drug-likeness (QED) is 0.828. The summed E-state index contributed by atoms with van der Waals surface area (Å²) in [6.45, 7) is -0.690. The Hall–Kier alpha value is -1.70. The SMILES string of the molecule is O=C(Cn1cc(C(F)(F)F)cc(Cl)c1=O)Nc1c(Cl)cccc1Cl. The molecule has 1 aromatic heterocycles. The van der Waals surface area contributed by atoms with Gasteiger partial charge in [0, 0.05) is 6.20 Å². The number of alkyl halides is 3. The predicted molar refractivity (Wildman–Crippen MR) is 85.8 cm³/mol. The van der Waals surface area contributed by atoms with E-state index in [-0.39, 0.29) is 15.7 Å². The van der Waals surface area contributed by atoms with Gasteiger partial charge in [-0.1, -0.05) is 40.9 Å². The number of nitrogens with one attached hydrogen (secondary N) is 1. The predicted octanol–water partition coefficient (Wildman–Crippen LogP) is 4.47. The van der Waals surface area contributed by atoms with E-state index in [1.165, 1.54) is 12.1 Å². The molecule has 1 amide bonds. The van der Waals surface area contributed by atoms with Gasteiger partial charge in [-0.25, -0.2) is 0 Å². The van der Waals surface area contributed by atoms with Crippen LogP contribution in [0.4, 0.5) is 18.9 Å². The molecule has 128 valence electrons. The van der Waals surface area contributed by atoms with Crippen LogP contribution in [-0.2, 0) is 17.5 Å². The Labute approximate surface area is 148 Å². The number of benzene rings is 1. The maximum Gasteiger partial charge on any atom is 0.417 e. The van der Waals surface area contributed by atoms with Gasteiger partial charge in [0.05, 0.1) is 21.3 Å². The molecule has 10 heteroatoms. The van der Waals surface area contributed by atoms with Gasteiger partial charge in [-0.2, -0.15) is 13.2 Å². The van der Waals surface area contributed by atoms with Crippen molar-refractivity contribution in [2.45, 2.75) is 12.7 Å². The third-order valence-electron chi connectivity index (χ3n) is 2.91. The fraction of sp³-hybridized carbons (Fsp3) is 0.143. The summed E-state index contributed by atoms with van der Waals surface area (Å²) < 4.78 is 38.8. The number of pyridine rings is 1. The summed E-state index contributed by atoms with van der Waals surface area (Å²) in [6, 6.07) is 4.99. The Kier molecular flexibility index (Phi) is 5.47. The second kappa shape index (κ2) is 7.04. The van der Waals surface area contributed by atoms with Crippen LogP contribution in [0.15, 0.2) is 35.3 Å². The minimum atomic E-state index is -4.71. The van der Waals surface area contributed by atoms with Crippen molar-refractivity contribution in [3.8, 4) is 0 Å². The molecule has 0 bridgehead atoms. The highest BCUT2D eigenvalue weighted by molar-refractivity contribution is 6.39. The van der Waals surface area contributed by atoms with Crippen molar-refractivity contribution < 1.29 is 18.0 Å². The molecule has 24 heavy (non-hydrogen) atoms. The third kappa shape index (κ3) is 4.23. The minimum absolute atomic E-state index is 0.0944. The van der Waals surface area contributed by atoms with E-state index in [2.05, 4.69) is 5.32 Å². The van der Waals surface area contributed by atoms with E-state index in [1.807, 2.05) is 0 Å². The van der Waals surface area contributed by atoms with Crippen LogP contribution in [0, 0.1) is 0 Å². The number of aromatic nitrogens is 1. The van der Waals surface area contributed by atoms with Crippen LogP contribution in [0.2, 0.25) is 15.1 Å². The number of anilines is 1. The van der Waals surface area contributed by atoms with Gasteiger partial charge in [0.2, 0.25) is 5.91 Å². The second-order valence-electron chi connectivity index (χ2n) is 4.65. The summed E-state index contributed by atoms with van der Waals surface area (Å²) in [5.41, 5.74) is -1.97. The number of carbonyl (C=O) groups is 1. The molecule has 2 rings (SSSR count). The van der Waals surface area contributed by atoms with Crippen LogP contribution in [-0.4, -0.2) is 10.5 Å². The van der Waals surface area contributed by atoms with E-state index in [0.717, 1.165) is 0 Å². The van der Waals surface area contributed by atoms with E-state index in [9.17, 15) is 22.8 Å². The number of para-hydroxylation sites is 1. The molecule has 0 atom stereocenters. The van der Waals surface area contributed by atoms with Gasteiger partial charge >= 0.3 is 6.18 Å². The fourth-order valence-electron chi connectivity index (χ4n) is 1.82. The van der Waals surface area contributed by atoms with Gasteiger partial charge in [-0.15, -0.1) is 0 Å². The van der Waals surface area contributed by atoms with Crippen molar-refractivity contribution in [1.29, 1.82) is 0 Å². The maximum atomic E-state index is 12.8. The molecule has 1 aromatic carbocycles. The normalized spacial score (nSPS) is 11.4. The standard InChI is InChI=1S/C14H8Cl3F3N2O2/c15-8-2-1-3-9(16)12(8)21-11(23)6-22-5-7(14(18,19)20)4-10(17)13(22)24/h1-5H,6H2,(H,21,23). The number of amides is 1. The Bertz CT molecular complexity index is 830. The molecule has 0 spiro atoms. The van der Waals surface area contributed by atoms with E-state index >= 15 is 0 Å². The Balaban J connectivity index is 2.29. The number of nitrogens with zero attached hydrogens (tertiary/aromatic N) is 1. The Morgan fingerprint density at radius 1 is 1.12 bits per heavy atom. The molecule has 2 aromatic rings. The van der Waals surface area contributed by atoms with E-state index in [1.54, 1.807) is 6.07 Å². The van der Waals surface area contributed by atoms with Crippen LogP contribution in [0.5, 0.6) is 0 Å². The second-order valence-corrected chi connectivity index (χ2v) is 5.87. The number of rotatable bonds is 3. The van der Waals surface area contributed by atoms with Crippen LogP contribution in [0.3, 0.4) is 0 Å². The molecule has 0 aliphatic rings. The molecular formula is C14H8Cl3F3N2O2. The third-order valence-corrected chi connectivity index (χ3v) is 3.81. The van der Waals surface area contributed by atoms with Crippen LogP contribution in [0.1, 0.15) is 5.56 Å². The molecule has 0 radical (unpaired) electrons. The maximum absolute atomic E-state index is 12.8. The first-order valence-corrected chi connectivity index (χ1v) is 7.44. The lowest BCUT2D eigenvalue weighted by molar-refractivity contribution is -0.138. The summed E-state index contributed by atoms with van der Waals surface area (Å²) >= 11 is 17.3. The molecule has 0 unspecified atom stereocenters. The number of hydrogen-bond donors (Lipinski definition) is 1. The summed E-state index contributed by atoms with van der Waals surface area (Å²) in [7, 11) is 0. The first-order valence-electron chi connectivity index (χ1n) is 6.30. The molecule has 0 fully saturated rings. The summed E-state index contributed by atoms with van der Waals surface area (Å²) in [5.74, 6) is -0.789. The zero-order chi connectivity index (χ0) is 18.1. The minimum Gasteiger partial charge on any atom is -0.322 e. The van der Waals surface area contributed by atoms with Gasteiger partial charge in [0.15, 0.2) is 0 Å². The van der Waals surface area contributed by atoms with Crippen LogP contribution >= 0.6 is 34.8 Å². The summed E-state index contributed by atoms with van der Waals surface area (Å²) in [6.07, 6.45) is -4.19. The Morgan fingerprint density at radius 2 is 1.71 bits per heavy atom. The highest BCUT2D eigenvalue weighted by Gasteiger charge is 2.32. The summed E-state index contributed by atoms with van der Waals surface area (Å²) in [4.78, 5) is 23.8. The molecule has 4 nitrogen and oxygen atoms in total.